The number of carboxylic acids is 1. The Balaban J connectivity index is 1.73. The minimum absolute atomic E-state index is 0.0388. The molecule has 2 heterocycles. The van der Waals surface area contributed by atoms with Gasteiger partial charge in [0.1, 0.15) is 0 Å². The first-order valence-corrected chi connectivity index (χ1v) is 7.46. The lowest BCUT2D eigenvalue weighted by Gasteiger charge is -2.28. The van der Waals surface area contributed by atoms with Gasteiger partial charge in [-0.3, -0.25) is 8.98 Å². The second-order valence-corrected chi connectivity index (χ2v) is 6.30. The molecule has 16 heavy (non-hydrogen) atoms. The first kappa shape index (κ1) is 12.3. The Bertz CT molecular complexity index is 299. The number of aliphatic carboxylic acids is 1. The van der Waals surface area contributed by atoms with Crippen LogP contribution in [0.15, 0.2) is 0 Å². The Morgan fingerprint density at radius 2 is 2.44 bits per heavy atom. The summed E-state index contributed by atoms with van der Waals surface area (Å²) in [6, 6.07) is 0.196. The molecule has 2 unspecified atom stereocenters. The molecule has 2 fully saturated rings. The van der Waals surface area contributed by atoms with Crippen LogP contribution in [0, 0.1) is 0 Å². The van der Waals surface area contributed by atoms with Crippen molar-refractivity contribution in [3.8, 4) is 0 Å². The molecule has 0 saturated carbocycles. The molecule has 2 saturated heterocycles. The van der Waals surface area contributed by atoms with E-state index in [2.05, 4.69) is 4.72 Å². The van der Waals surface area contributed by atoms with E-state index in [1.165, 1.54) is 0 Å². The Kier molecular flexibility index (Phi) is 4.23. The van der Waals surface area contributed by atoms with Crippen molar-refractivity contribution in [1.29, 1.82) is 0 Å². The molecule has 2 rings (SSSR count). The normalized spacial score (nSPS) is 38.2. The van der Waals surface area contributed by atoms with E-state index in [9.17, 15) is 9.00 Å². The van der Waals surface area contributed by atoms with Gasteiger partial charge in [0.25, 0.3) is 0 Å². The fourth-order valence-corrected chi connectivity index (χ4v) is 4.52. The van der Waals surface area contributed by atoms with Gasteiger partial charge in [0.15, 0.2) is 0 Å². The van der Waals surface area contributed by atoms with Gasteiger partial charge in [-0.05, 0) is 19.3 Å². The highest BCUT2D eigenvalue weighted by Gasteiger charge is 2.38. The van der Waals surface area contributed by atoms with E-state index in [0.29, 0.717) is 11.7 Å². The fourth-order valence-electron chi connectivity index (χ4n) is 2.00. The lowest BCUT2D eigenvalue weighted by atomic mass is 10.0. The van der Waals surface area contributed by atoms with Crippen LogP contribution in [0.4, 0.5) is 0 Å². The number of rotatable bonds is 4. The molecule has 0 spiro atoms. The predicted molar refractivity (Wildman–Crippen MR) is 62.3 cm³/mol. The van der Waals surface area contributed by atoms with Crippen LogP contribution in [0.2, 0.25) is 0 Å². The van der Waals surface area contributed by atoms with E-state index in [0.717, 1.165) is 18.6 Å². The van der Waals surface area contributed by atoms with Gasteiger partial charge in [0, 0.05) is 17.4 Å². The van der Waals surface area contributed by atoms with Crippen molar-refractivity contribution in [2.75, 3.05) is 5.75 Å². The van der Waals surface area contributed by atoms with E-state index in [1.54, 1.807) is 0 Å². The minimum atomic E-state index is -1.33. The summed E-state index contributed by atoms with van der Waals surface area (Å²) < 4.78 is 19.3. The van der Waals surface area contributed by atoms with Crippen LogP contribution in [0.1, 0.15) is 25.7 Å². The van der Waals surface area contributed by atoms with Crippen molar-refractivity contribution in [3.05, 3.63) is 0 Å². The van der Waals surface area contributed by atoms with Crippen molar-refractivity contribution >= 4 is 29.0 Å². The summed E-state index contributed by atoms with van der Waals surface area (Å²) in [7, 11) is 0. The van der Waals surface area contributed by atoms with Crippen LogP contribution in [0.5, 0.6) is 0 Å². The van der Waals surface area contributed by atoms with Crippen molar-refractivity contribution < 1.29 is 18.3 Å². The summed E-state index contributed by atoms with van der Waals surface area (Å²) in [6.07, 6.45) is 2.75. The topological polar surface area (TPSA) is 75.6 Å². The molecule has 7 heteroatoms. The number of carbonyl (C=O) groups is 1. The summed E-state index contributed by atoms with van der Waals surface area (Å²) in [5.41, 5.74) is 0. The molecule has 4 atom stereocenters. The van der Waals surface area contributed by atoms with E-state index in [1.807, 2.05) is 11.8 Å². The van der Waals surface area contributed by atoms with Gasteiger partial charge < -0.3 is 5.11 Å². The third-order valence-electron chi connectivity index (χ3n) is 2.83. The van der Waals surface area contributed by atoms with Crippen molar-refractivity contribution in [2.45, 2.75) is 43.1 Å². The molecule has 5 nitrogen and oxygen atoms in total. The minimum Gasteiger partial charge on any atom is -0.481 e. The van der Waals surface area contributed by atoms with Crippen molar-refractivity contribution in [2.24, 2.45) is 0 Å². The molecule has 0 amide bonds. The highest BCUT2D eigenvalue weighted by Crippen LogP contribution is 2.33. The summed E-state index contributed by atoms with van der Waals surface area (Å²) in [4.78, 5) is 10.4. The number of carboxylic acid groups (broad SMARTS) is 1. The largest absolute Gasteiger partial charge is 0.481 e. The number of thioether (sulfide) groups is 1. The SMILES string of the molecule is O=C(O)CCCC1C[C@H]2OS(=O)N[C@H]2CS1. The lowest BCUT2D eigenvalue weighted by Crippen LogP contribution is -2.39. The average Bonchev–Trinajstić information content (AvgIpc) is 2.56. The van der Waals surface area contributed by atoms with E-state index in [4.69, 9.17) is 9.29 Å². The third-order valence-corrected chi connectivity index (χ3v) is 5.20. The Morgan fingerprint density at radius 1 is 1.62 bits per heavy atom. The zero-order valence-corrected chi connectivity index (χ0v) is 10.4. The summed E-state index contributed by atoms with van der Waals surface area (Å²) in [5, 5.41) is 8.99. The Morgan fingerprint density at radius 3 is 3.19 bits per heavy atom. The van der Waals surface area contributed by atoms with Crippen LogP contribution in [0.25, 0.3) is 0 Å². The smallest absolute Gasteiger partial charge is 0.303 e. The molecule has 0 aromatic carbocycles. The van der Waals surface area contributed by atoms with Crippen LogP contribution < -0.4 is 4.72 Å². The van der Waals surface area contributed by atoms with Crippen LogP contribution in [-0.2, 0) is 20.2 Å². The van der Waals surface area contributed by atoms with E-state index >= 15 is 0 Å². The number of fused-ring (bicyclic) bond motifs is 1. The maximum absolute atomic E-state index is 11.1. The van der Waals surface area contributed by atoms with Crippen molar-refractivity contribution in [3.63, 3.8) is 0 Å². The molecule has 0 aromatic rings. The Labute approximate surface area is 101 Å². The van der Waals surface area contributed by atoms with Crippen LogP contribution in [0.3, 0.4) is 0 Å². The maximum Gasteiger partial charge on any atom is 0.303 e. The van der Waals surface area contributed by atoms with Gasteiger partial charge in [-0.2, -0.15) is 11.8 Å². The lowest BCUT2D eigenvalue weighted by molar-refractivity contribution is -0.137. The highest BCUT2D eigenvalue weighted by molar-refractivity contribution is 8.00. The zero-order valence-electron chi connectivity index (χ0n) is 8.76. The molecule has 2 N–H and O–H groups in total. The van der Waals surface area contributed by atoms with E-state index in [-0.39, 0.29) is 18.6 Å². The van der Waals surface area contributed by atoms with E-state index < -0.39 is 17.2 Å². The third kappa shape index (κ3) is 3.19. The van der Waals surface area contributed by atoms with Crippen molar-refractivity contribution in [1.82, 2.24) is 4.72 Å². The molecule has 0 radical (unpaired) electrons. The van der Waals surface area contributed by atoms with Gasteiger partial charge in [-0.15, -0.1) is 0 Å². The van der Waals surface area contributed by atoms with Crippen LogP contribution in [-0.4, -0.2) is 38.4 Å². The summed E-state index contributed by atoms with van der Waals surface area (Å²) in [5.74, 6) is 0.160. The molecule has 92 valence electrons. The molecule has 2 aliphatic heterocycles. The monoisotopic (exact) mass is 265 g/mol. The molecular weight excluding hydrogens is 250 g/mol. The second kappa shape index (κ2) is 5.48. The van der Waals surface area contributed by atoms with Gasteiger partial charge in [0.2, 0.25) is 11.3 Å². The summed E-state index contributed by atoms with van der Waals surface area (Å²) in [6.45, 7) is 0. The molecule has 2 aliphatic rings. The van der Waals surface area contributed by atoms with Gasteiger partial charge in [-0.25, -0.2) is 8.93 Å². The predicted octanol–water partition coefficient (Wildman–Crippen LogP) is 0.683. The zero-order chi connectivity index (χ0) is 11.5. The van der Waals surface area contributed by atoms with Crippen LogP contribution >= 0.6 is 11.8 Å². The first-order valence-electron chi connectivity index (χ1n) is 5.33. The summed E-state index contributed by atoms with van der Waals surface area (Å²) >= 11 is 0.495. The molecule has 0 aliphatic carbocycles. The number of hydrogen-bond donors (Lipinski definition) is 2. The maximum atomic E-state index is 11.1. The first-order chi connectivity index (χ1) is 7.65. The number of hydrogen-bond acceptors (Lipinski definition) is 4. The molecular formula is C9H15NO4S2. The van der Waals surface area contributed by atoms with Gasteiger partial charge >= 0.3 is 5.97 Å². The molecule has 0 bridgehead atoms. The number of nitrogens with one attached hydrogen (secondary N) is 1. The standard InChI is InChI=1S/C9H15NO4S2/c11-9(12)3-1-2-6-4-8-7(5-15-6)10-16(13)14-8/h6-8,10H,1-5H2,(H,11,12)/t6?,7-,8+,16?/m0/s1. The quantitative estimate of drug-likeness (QED) is 0.782. The Hall–Kier alpha value is -0.110. The fraction of sp³-hybridized carbons (Fsp3) is 0.889. The van der Waals surface area contributed by atoms with Gasteiger partial charge in [-0.1, -0.05) is 0 Å². The second-order valence-electron chi connectivity index (χ2n) is 4.07. The van der Waals surface area contributed by atoms with Gasteiger partial charge in [0.05, 0.1) is 12.1 Å². The average molecular weight is 265 g/mol. The highest BCUT2D eigenvalue weighted by atomic mass is 32.2. The molecule has 0 aromatic heterocycles.